The Bertz CT molecular complexity index is 514. The molecule has 0 amide bonds. The molecule has 0 spiro atoms. The Hall–Kier alpha value is -1.50. The fourth-order valence-electron chi connectivity index (χ4n) is 2.57. The number of hydrogen-bond donors (Lipinski definition) is 1. The fraction of sp³-hybridized carbons (Fsp3) is 0.375. The van der Waals surface area contributed by atoms with Crippen molar-refractivity contribution in [2.24, 2.45) is 5.92 Å². The summed E-state index contributed by atoms with van der Waals surface area (Å²) in [6, 6.07) is 12.1. The number of phenols is 1. The molecule has 2 rings (SSSR count). The van der Waals surface area contributed by atoms with Crippen molar-refractivity contribution in [3.63, 3.8) is 0 Å². The van der Waals surface area contributed by atoms with E-state index < -0.39 is 0 Å². The first kappa shape index (κ1) is 12.0. The number of phenolic OH excluding ortho intramolecular Hbond substituents is 1. The highest BCUT2D eigenvalue weighted by Crippen LogP contribution is 2.30. The monoisotopic (exact) mass is 228 g/mol. The molecule has 1 nitrogen and oxygen atoms in total. The van der Waals surface area contributed by atoms with Gasteiger partial charge in [-0.1, -0.05) is 45.0 Å². The summed E-state index contributed by atoms with van der Waals surface area (Å²) in [5.41, 5.74) is 1.40. The predicted molar refractivity (Wildman–Crippen MR) is 73.5 cm³/mol. The summed E-state index contributed by atoms with van der Waals surface area (Å²) >= 11 is 0. The van der Waals surface area contributed by atoms with E-state index in [4.69, 9.17) is 0 Å². The van der Waals surface area contributed by atoms with Crippen LogP contribution in [-0.2, 0) is 0 Å². The average Bonchev–Trinajstić information content (AvgIpc) is 2.29. The third-order valence-corrected chi connectivity index (χ3v) is 3.52. The van der Waals surface area contributed by atoms with E-state index in [9.17, 15) is 5.11 Å². The van der Waals surface area contributed by atoms with E-state index in [-0.39, 0.29) is 0 Å². The molecule has 0 aliphatic heterocycles. The summed E-state index contributed by atoms with van der Waals surface area (Å²) < 4.78 is 0. The zero-order valence-corrected chi connectivity index (χ0v) is 10.8. The van der Waals surface area contributed by atoms with Crippen LogP contribution in [0.4, 0.5) is 0 Å². The van der Waals surface area contributed by atoms with Gasteiger partial charge in [0, 0.05) is 0 Å². The Morgan fingerprint density at radius 3 is 2.29 bits per heavy atom. The Morgan fingerprint density at radius 2 is 1.65 bits per heavy atom. The molecule has 2 aromatic rings. The van der Waals surface area contributed by atoms with Gasteiger partial charge in [-0.05, 0) is 46.7 Å². The molecule has 0 heterocycles. The molecule has 17 heavy (non-hydrogen) atoms. The minimum atomic E-state index is 0.334. The lowest BCUT2D eigenvalue weighted by molar-refractivity contribution is 0.476. The van der Waals surface area contributed by atoms with Crippen LogP contribution in [0.2, 0.25) is 0 Å². The second-order valence-corrected chi connectivity index (χ2v) is 5.05. The van der Waals surface area contributed by atoms with Gasteiger partial charge in [-0.25, -0.2) is 0 Å². The quantitative estimate of drug-likeness (QED) is 0.807. The third-order valence-electron chi connectivity index (χ3n) is 3.52. The molecule has 1 N–H and O–H groups in total. The number of rotatable bonds is 3. The Balaban J connectivity index is 2.47. The molecule has 0 aromatic heterocycles. The molecule has 0 saturated heterocycles. The summed E-state index contributed by atoms with van der Waals surface area (Å²) in [7, 11) is 0. The van der Waals surface area contributed by atoms with Crippen LogP contribution >= 0.6 is 0 Å². The molecule has 1 unspecified atom stereocenters. The van der Waals surface area contributed by atoms with Crippen molar-refractivity contribution in [3.05, 3.63) is 42.0 Å². The molecule has 0 aliphatic rings. The van der Waals surface area contributed by atoms with Gasteiger partial charge in [0.2, 0.25) is 0 Å². The first-order valence-electron chi connectivity index (χ1n) is 6.34. The van der Waals surface area contributed by atoms with Crippen LogP contribution in [0, 0.1) is 5.92 Å². The maximum atomic E-state index is 9.44. The summed E-state index contributed by atoms with van der Waals surface area (Å²) in [6.07, 6.45) is 1.17. The molecule has 0 fully saturated rings. The van der Waals surface area contributed by atoms with E-state index >= 15 is 0 Å². The molecule has 2 aromatic carbocycles. The lowest BCUT2D eigenvalue weighted by Crippen LogP contribution is -2.05. The molecule has 1 atom stereocenters. The maximum Gasteiger partial charge on any atom is 0.116 e. The van der Waals surface area contributed by atoms with Gasteiger partial charge in [-0.2, -0.15) is 0 Å². The van der Waals surface area contributed by atoms with Gasteiger partial charge in [0.15, 0.2) is 0 Å². The van der Waals surface area contributed by atoms with E-state index in [0.717, 1.165) is 5.39 Å². The zero-order chi connectivity index (χ0) is 12.4. The number of hydrogen-bond acceptors (Lipinski definition) is 1. The molecule has 0 radical (unpaired) electrons. The molecule has 0 bridgehead atoms. The minimum Gasteiger partial charge on any atom is -0.508 e. The van der Waals surface area contributed by atoms with Crippen LogP contribution in [0.3, 0.4) is 0 Å². The van der Waals surface area contributed by atoms with E-state index in [0.29, 0.717) is 17.6 Å². The van der Waals surface area contributed by atoms with Crippen LogP contribution in [0.1, 0.15) is 38.7 Å². The van der Waals surface area contributed by atoms with Crippen molar-refractivity contribution in [2.75, 3.05) is 0 Å². The molecule has 90 valence electrons. The summed E-state index contributed by atoms with van der Waals surface area (Å²) in [5.74, 6) is 1.61. The van der Waals surface area contributed by atoms with Crippen molar-refractivity contribution in [3.8, 4) is 5.75 Å². The number of fused-ring (bicyclic) bond motifs is 1. The SMILES string of the molecule is CCC(c1ccc2cc(O)ccc2c1)C(C)C. The van der Waals surface area contributed by atoms with Crippen LogP contribution in [0.15, 0.2) is 36.4 Å². The van der Waals surface area contributed by atoms with Crippen LogP contribution in [0.5, 0.6) is 5.75 Å². The summed E-state index contributed by atoms with van der Waals surface area (Å²) in [5, 5.41) is 11.8. The average molecular weight is 228 g/mol. The first-order valence-corrected chi connectivity index (χ1v) is 6.34. The molecular formula is C16H20O. The highest BCUT2D eigenvalue weighted by Gasteiger charge is 2.13. The molecule has 0 aliphatic carbocycles. The van der Waals surface area contributed by atoms with Crippen molar-refractivity contribution < 1.29 is 5.11 Å². The van der Waals surface area contributed by atoms with Crippen molar-refractivity contribution in [2.45, 2.75) is 33.1 Å². The lowest BCUT2D eigenvalue weighted by atomic mass is 9.85. The molecule has 0 saturated carbocycles. The molecular weight excluding hydrogens is 208 g/mol. The predicted octanol–water partition coefficient (Wildman–Crippen LogP) is 4.70. The van der Waals surface area contributed by atoms with E-state index in [1.807, 2.05) is 12.1 Å². The second kappa shape index (κ2) is 4.79. The highest BCUT2D eigenvalue weighted by atomic mass is 16.3. The Labute approximate surface area is 103 Å². The van der Waals surface area contributed by atoms with Gasteiger partial charge in [0.05, 0.1) is 0 Å². The maximum absolute atomic E-state index is 9.44. The lowest BCUT2D eigenvalue weighted by Gasteiger charge is -2.20. The van der Waals surface area contributed by atoms with Gasteiger partial charge >= 0.3 is 0 Å². The van der Waals surface area contributed by atoms with Crippen molar-refractivity contribution >= 4 is 10.8 Å². The largest absolute Gasteiger partial charge is 0.508 e. The van der Waals surface area contributed by atoms with Gasteiger partial charge in [-0.15, -0.1) is 0 Å². The van der Waals surface area contributed by atoms with Crippen molar-refractivity contribution in [1.82, 2.24) is 0 Å². The van der Waals surface area contributed by atoms with Gasteiger partial charge in [0.25, 0.3) is 0 Å². The van der Waals surface area contributed by atoms with Crippen molar-refractivity contribution in [1.29, 1.82) is 0 Å². The van der Waals surface area contributed by atoms with Crippen LogP contribution < -0.4 is 0 Å². The van der Waals surface area contributed by atoms with Crippen LogP contribution in [0.25, 0.3) is 10.8 Å². The summed E-state index contributed by atoms with van der Waals surface area (Å²) in [4.78, 5) is 0. The van der Waals surface area contributed by atoms with Gasteiger partial charge in [-0.3, -0.25) is 0 Å². The number of benzene rings is 2. The summed E-state index contributed by atoms with van der Waals surface area (Å²) in [6.45, 7) is 6.79. The fourth-order valence-corrected chi connectivity index (χ4v) is 2.57. The van der Waals surface area contributed by atoms with E-state index in [2.05, 4.69) is 39.0 Å². The zero-order valence-electron chi connectivity index (χ0n) is 10.8. The number of aromatic hydroxyl groups is 1. The first-order chi connectivity index (χ1) is 8.11. The highest BCUT2D eigenvalue weighted by molar-refractivity contribution is 5.84. The van der Waals surface area contributed by atoms with E-state index in [1.165, 1.54) is 17.4 Å². The smallest absolute Gasteiger partial charge is 0.116 e. The second-order valence-electron chi connectivity index (χ2n) is 5.05. The normalized spacial score (nSPS) is 13.2. The van der Waals surface area contributed by atoms with Gasteiger partial charge < -0.3 is 5.11 Å². The third kappa shape index (κ3) is 2.44. The minimum absolute atomic E-state index is 0.334. The van der Waals surface area contributed by atoms with Gasteiger partial charge in [0.1, 0.15) is 5.75 Å². The van der Waals surface area contributed by atoms with Crippen LogP contribution in [-0.4, -0.2) is 5.11 Å². The van der Waals surface area contributed by atoms with E-state index in [1.54, 1.807) is 6.07 Å². The standard InChI is InChI=1S/C16H20O/c1-4-16(11(2)3)14-6-5-13-10-15(17)8-7-12(13)9-14/h5-11,16-17H,4H2,1-3H3. The Morgan fingerprint density at radius 1 is 1.00 bits per heavy atom. The molecule has 1 heteroatoms. The Kier molecular flexibility index (Phi) is 3.37. The topological polar surface area (TPSA) is 20.2 Å².